The molecule has 1 aromatic heterocycles. The average Bonchev–Trinajstić information content (AvgIpc) is 3.04. The van der Waals surface area contributed by atoms with Crippen LogP contribution in [0.25, 0.3) is 11.5 Å². The summed E-state index contributed by atoms with van der Waals surface area (Å²) in [5, 5.41) is 0. The Morgan fingerprint density at radius 1 is 1.38 bits per heavy atom. The lowest BCUT2D eigenvalue weighted by atomic mass is 10.2. The van der Waals surface area contributed by atoms with Crippen LogP contribution >= 0.6 is 15.9 Å². The van der Waals surface area contributed by atoms with Gasteiger partial charge in [-0.2, -0.15) is 0 Å². The molecule has 0 spiro atoms. The fraction of sp³-hybridized carbons (Fsp3) is 0.438. The van der Waals surface area contributed by atoms with E-state index in [2.05, 4.69) is 25.8 Å². The van der Waals surface area contributed by atoms with Crippen LogP contribution in [0.15, 0.2) is 33.2 Å². The van der Waals surface area contributed by atoms with Crippen molar-refractivity contribution in [2.24, 2.45) is 0 Å². The summed E-state index contributed by atoms with van der Waals surface area (Å²) in [6.45, 7) is 4.17. The highest BCUT2D eigenvalue weighted by Gasteiger charge is 2.22. The van der Waals surface area contributed by atoms with E-state index < -0.39 is 6.17 Å². The molecule has 0 saturated carbocycles. The van der Waals surface area contributed by atoms with Crippen molar-refractivity contribution in [3.05, 3.63) is 40.2 Å². The lowest BCUT2D eigenvalue weighted by molar-refractivity contribution is 0.289. The van der Waals surface area contributed by atoms with E-state index in [9.17, 15) is 4.39 Å². The molecule has 1 saturated heterocycles. The van der Waals surface area contributed by atoms with Crippen LogP contribution in [-0.2, 0) is 6.42 Å². The summed E-state index contributed by atoms with van der Waals surface area (Å²) < 4.78 is 19.9. The Morgan fingerprint density at radius 3 is 2.81 bits per heavy atom. The molecule has 0 radical (unpaired) electrons. The first-order chi connectivity index (χ1) is 10.1. The molecule has 0 amide bonds. The van der Waals surface area contributed by atoms with Crippen LogP contribution < -0.4 is 0 Å². The van der Waals surface area contributed by atoms with E-state index >= 15 is 0 Å². The SMILES string of the molecule is Cc1oc(-c2ccc(Br)cc2)nc1CCN1CC[C@H](F)C1. The van der Waals surface area contributed by atoms with E-state index in [-0.39, 0.29) is 0 Å². The van der Waals surface area contributed by atoms with Gasteiger partial charge >= 0.3 is 0 Å². The van der Waals surface area contributed by atoms with E-state index in [0.29, 0.717) is 18.9 Å². The van der Waals surface area contributed by atoms with Crippen LogP contribution in [0.2, 0.25) is 0 Å². The summed E-state index contributed by atoms with van der Waals surface area (Å²) in [7, 11) is 0. The number of nitrogens with zero attached hydrogens (tertiary/aromatic N) is 2. The van der Waals surface area contributed by atoms with E-state index in [1.165, 1.54) is 0 Å². The molecular formula is C16H18BrFN2O. The molecule has 2 aromatic rings. The number of oxazole rings is 1. The number of rotatable bonds is 4. The van der Waals surface area contributed by atoms with Crippen LogP contribution in [0, 0.1) is 6.92 Å². The predicted molar refractivity (Wildman–Crippen MR) is 84.0 cm³/mol. The molecule has 1 fully saturated rings. The average molecular weight is 353 g/mol. The van der Waals surface area contributed by atoms with Crippen molar-refractivity contribution in [3.63, 3.8) is 0 Å². The van der Waals surface area contributed by atoms with Gasteiger partial charge in [-0.25, -0.2) is 9.37 Å². The Labute approximate surface area is 132 Å². The second kappa shape index (κ2) is 6.28. The van der Waals surface area contributed by atoms with Crippen LogP contribution in [0.5, 0.6) is 0 Å². The molecule has 0 unspecified atom stereocenters. The standard InChI is InChI=1S/C16H18BrFN2O/c1-11-15(7-9-20-8-6-14(18)10-20)19-16(21-11)12-2-4-13(17)5-3-12/h2-5,14H,6-10H2,1H3/t14-/m0/s1. The number of aromatic nitrogens is 1. The van der Waals surface area contributed by atoms with Crippen molar-refractivity contribution in [1.82, 2.24) is 9.88 Å². The highest BCUT2D eigenvalue weighted by atomic mass is 79.9. The third-order valence-electron chi connectivity index (χ3n) is 3.86. The molecule has 5 heteroatoms. The van der Waals surface area contributed by atoms with Crippen molar-refractivity contribution in [2.75, 3.05) is 19.6 Å². The van der Waals surface area contributed by atoms with Gasteiger partial charge in [-0.1, -0.05) is 15.9 Å². The molecule has 1 aliphatic heterocycles. The van der Waals surface area contributed by atoms with Crippen LogP contribution in [0.3, 0.4) is 0 Å². The molecule has 0 N–H and O–H groups in total. The van der Waals surface area contributed by atoms with E-state index in [4.69, 9.17) is 4.42 Å². The van der Waals surface area contributed by atoms with Gasteiger partial charge in [-0.05, 0) is 37.6 Å². The monoisotopic (exact) mass is 352 g/mol. The lowest BCUT2D eigenvalue weighted by Gasteiger charge is -2.12. The van der Waals surface area contributed by atoms with Gasteiger partial charge in [-0.3, -0.25) is 4.90 Å². The summed E-state index contributed by atoms with van der Waals surface area (Å²) in [5.74, 6) is 1.50. The smallest absolute Gasteiger partial charge is 0.226 e. The number of hydrogen-bond acceptors (Lipinski definition) is 3. The number of hydrogen-bond donors (Lipinski definition) is 0. The number of aryl methyl sites for hydroxylation is 1. The van der Waals surface area contributed by atoms with E-state index in [1.54, 1.807) is 0 Å². The predicted octanol–water partition coefficient (Wildman–Crippen LogP) is 4.00. The zero-order chi connectivity index (χ0) is 14.8. The number of benzene rings is 1. The molecule has 21 heavy (non-hydrogen) atoms. The van der Waals surface area contributed by atoms with Crippen LogP contribution in [-0.4, -0.2) is 35.7 Å². The fourth-order valence-electron chi connectivity index (χ4n) is 2.63. The molecule has 1 aromatic carbocycles. The summed E-state index contributed by atoms with van der Waals surface area (Å²) in [5.41, 5.74) is 1.94. The second-order valence-electron chi connectivity index (χ2n) is 5.47. The van der Waals surface area contributed by atoms with Gasteiger partial charge in [0.05, 0.1) is 5.69 Å². The van der Waals surface area contributed by atoms with Gasteiger partial charge in [0, 0.05) is 36.1 Å². The molecule has 3 nitrogen and oxygen atoms in total. The van der Waals surface area contributed by atoms with Gasteiger partial charge < -0.3 is 4.42 Å². The first-order valence-electron chi connectivity index (χ1n) is 7.20. The zero-order valence-electron chi connectivity index (χ0n) is 12.0. The molecule has 1 atom stereocenters. The van der Waals surface area contributed by atoms with Gasteiger partial charge in [0.25, 0.3) is 0 Å². The third kappa shape index (κ3) is 3.52. The first-order valence-corrected chi connectivity index (χ1v) is 8.00. The lowest BCUT2D eigenvalue weighted by Crippen LogP contribution is -2.23. The Bertz CT molecular complexity index is 611. The van der Waals surface area contributed by atoms with Gasteiger partial charge in [0.1, 0.15) is 11.9 Å². The van der Waals surface area contributed by atoms with Crippen molar-refractivity contribution < 1.29 is 8.81 Å². The number of alkyl halides is 1. The van der Waals surface area contributed by atoms with Gasteiger partial charge in [0.15, 0.2) is 0 Å². The summed E-state index contributed by atoms with van der Waals surface area (Å²) in [6.07, 6.45) is 0.794. The highest BCUT2D eigenvalue weighted by molar-refractivity contribution is 9.10. The van der Waals surface area contributed by atoms with E-state index in [1.807, 2.05) is 31.2 Å². The van der Waals surface area contributed by atoms with Gasteiger partial charge in [-0.15, -0.1) is 0 Å². The maximum atomic E-state index is 13.2. The highest BCUT2D eigenvalue weighted by Crippen LogP contribution is 2.24. The fourth-order valence-corrected chi connectivity index (χ4v) is 2.89. The minimum atomic E-state index is -0.665. The maximum absolute atomic E-state index is 13.2. The normalized spacial score (nSPS) is 19.3. The summed E-state index contributed by atoms with van der Waals surface area (Å²) >= 11 is 3.42. The summed E-state index contributed by atoms with van der Waals surface area (Å²) in [4.78, 5) is 6.74. The minimum Gasteiger partial charge on any atom is -0.441 e. The van der Waals surface area contributed by atoms with Crippen molar-refractivity contribution in [3.8, 4) is 11.5 Å². The van der Waals surface area contributed by atoms with Crippen LogP contribution in [0.4, 0.5) is 4.39 Å². The number of halogens is 2. The molecule has 1 aliphatic rings. The van der Waals surface area contributed by atoms with Crippen molar-refractivity contribution >= 4 is 15.9 Å². The van der Waals surface area contributed by atoms with Crippen molar-refractivity contribution in [2.45, 2.75) is 25.9 Å². The second-order valence-corrected chi connectivity index (χ2v) is 6.38. The number of likely N-dealkylation sites (tertiary alicyclic amines) is 1. The van der Waals surface area contributed by atoms with Gasteiger partial charge in [0.2, 0.25) is 5.89 Å². The maximum Gasteiger partial charge on any atom is 0.226 e. The Morgan fingerprint density at radius 2 is 2.14 bits per heavy atom. The molecular weight excluding hydrogens is 335 g/mol. The largest absolute Gasteiger partial charge is 0.441 e. The van der Waals surface area contributed by atoms with E-state index in [0.717, 1.165) is 41.0 Å². The molecule has 3 rings (SSSR count). The van der Waals surface area contributed by atoms with Crippen molar-refractivity contribution in [1.29, 1.82) is 0 Å². The quantitative estimate of drug-likeness (QED) is 0.832. The molecule has 112 valence electrons. The molecule has 0 aliphatic carbocycles. The first kappa shape index (κ1) is 14.7. The Kier molecular flexibility index (Phi) is 4.40. The molecule has 0 bridgehead atoms. The summed E-state index contributed by atoms with van der Waals surface area (Å²) in [6, 6.07) is 7.90. The van der Waals surface area contributed by atoms with Crippen LogP contribution in [0.1, 0.15) is 17.9 Å². The molecule has 2 heterocycles. The Hall–Kier alpha value is -1.20. The Balaban J connectivity index is 1.68. The third-order valence-corrected chi connectivity index (χ3v) is 4.39. The topological polar surface area (TPSA) is 29.3 Å². The zero-order valence-corrected chi connectivity index (χ0v) is 13.6. The minimum absolute atomic E-state index is 0.552.